The minimum Gasteiger partial charge on any atom is -0.444 e. The number of rotatable bonds is 2. The Labute approximate surface area is 132 Å². The van der Waals surface area contributed by atoms with Crippen molar-refractivity contribution < 1.29 is 14.6 Å². The highest BCUT2D eigenvalue weighted by Crippen LogP contribution is 2.31. The van der Waals surface area contributed by atoms with E-state index < -0.39 is 11.7 Å². The Bertz CT molecular complexity index is 525. The number of likely N-dealkylation sites (tertiary alicyclic amines) is 1. The Hall–Kier alpha value is -1.75. The summed E-state index contributed by atoms with van der Waals surface area (Å²) in [5.41, 5.74) is 6.71. The third-order valence-corrected chi connectivity index (χ3v) is 3.81. The van der Waals surface area contributed by atoms with Crippen LogP contribution in [-0.4, -0.2) is 34.8 Å². The summed E-state index contributed by atoms with van der Waals surface area (Å²) >= 11 is 0. The molecular formula is C17H26N2O3. The Balaban J connectivity index is 2.02. The van der Waals surface area contributed by atoms with Crippen LogP contribution in [0.1, 0.15) is 45.3 Å². The standard InChI is InChI=1S/C17H26N2O3/c1-17(2,3)22-16(21)19-9-5-7-13(11-19)15(20)12-6-4-8-14(18)10-12/h4,6,8,10,13,15,20H,5,7,9,11,18H2,1-3H3. The van der Waals surface area contributed by atoms with Gasteiger partial charge >= 0.3 is 6.09 Å². The first-order valence-electron chi connectivity index (χ1n) is 7.78. The number of carbonyl (C=O) groups excluding carboxylic acids is 1. The van der Waals surface area contributed by atoms with Gasteiger partial charge < -0.3 is 20.5 Å². The molecule has 22 heavy (non-hydrogen) atoms. The van der Waals surface area contributed by atoms with E-state index in [1.54, 1.807) is 17.0 Å². The van der Waals surface area contributed by atoms with E-state index in [0.29, 0.717) is 18.8 Å². The number of amides is 1. The summed E-state index contributed by atoms with van der Waals surface area (Å²) in [5, 5.41) is 10.6. The summed E-state index contributed by atoms with van der Waals surface area (Å²) in [6.07, 6.45) is 0.823. The van der Waals surface area contributed by atoms with Crippen molar-refractivity contribution in [1.29, 1.82) is 0 Å². The van der Waals surface area contributed by atoms with E-state index in [2.05, 4.69) is 0 Å². The van der Waals surface area contributed by atoms with Crippen LogP contribution in [0, 0.1) is 5.92 Å². The zero-order chi connectivity index (χ0) is 16.3. The molecule has 1 aromatic rings. The maximum absolute atomic E-state index is 12.2. The van der Waals surface area contributed by atoms with Crippen molar-refractivity contribution in [2.75, 3.05) is 18.8 Å². The van der Waals surface area contributed by atoms with Gasteiger partial charge in [0.1, 0.15) is 5.60 Å². The van der Waals surface area contributed by atoms with Gasteiger partial charge in [-0.15, -0.1) is 0 Å². The van der Waals surface area contributed by atoms with Gasteiger partial charge in [0.2, 0.25) is 0 Å². The Kier molecular flexibility index (Phi) is 4.96. The Morgan fingerprint density at radius 3 is 2.82 bits per heavy atom. The summed E-state index contributed by atoms with van der Waals surface area (Å²) in [4.78, 5) is 13.9. The van der Waals surface area contributed by atoms with Crippen molar-refractivity contribution >= 4 is 11.8 Å². The number of ether oxygens (including phenoxy) is 1. The quantitative estimate of drug-likeness (QED) is 0.824. The Morgan fingerprint density at radius 2 is 2.18 bits per heavy atom. The van der Waals surface area contributed by atoms with Crippen LogP contribution >= 0.6 is 0 Å². The first kappa shape index (κ1) is 16.6. The van der Waals surface area contributed by atoms with Crippen LogP contribution in [0.15, 0.2) is 24.3 Å². The summed E-state index contributed by atoms with van der Waals surface area (Å²) < 4.78 is 5.42. The van der Waals surface area contributed by atoms with Gasteiger partial charge in [-0.1, -0.05) is 12.1 Å². The van der Waals surface area contributed by atoms with Crippen molar-refractivity contribution in [2.45, 2.75) is 45.3 Å². The van der Waals surface area contributed by atoms with E-state index >= 15 is 0 Å². The number of nitrogens with two attached hydrogens (primary N) is 1. The molecule has 1 saturated heterocycles. The normalized spacial score (nSPS) is 20.5. The topological polar surface area (TPSA) is 75.8 Å². The average molecular weight is 306 g/mol. The highest BCUT2D eigenvalue weighted by atomic mass is 16.6. The number of carbonyl (C=O) groups is 1. The highest BCUT2D eigenvalue weighted by Gasteiger charge is 2.31. The molecule has 2 atom stereocenters. The number of nitrogen functional groups attached to an aromatic ring is 1. The van der Waals surface area contributed by atoms with E-state index in [4.69, 9.17) is 10.5 Å². The largest absolute Gasteiger partial charge is 0.444 e. The molecule has 0 bridgehead atoms. The lowest BCUT2D eigenvalue weighted by atomic mass is 9.88. The molecule has 5 heteroatoms. The lowest BCUT2D eigenvalue weighted by Gasteiger charge is -2.36. The number of anilines is 1. The zero-order valence-corrected chi connectivity index (χ0v) is 13.6. The number of benzene rings is 1. The van der Waals surface area contributed by atoms with Crippen molar-refractivity contribution in [1.82, 2.24) is 4.90 Å². The smallest absolute Gasteiger partial charge is 0.410 e. The van der Waals surface area contributed by atoms with E-state index in [1.165, 1.54) is 0 Å². The van der Waals surface area contributed by atoms with Crippen LogP contribution in [0.3, 0.4) is 0 Å². The molecule has 1 aliphatic rings. The maximum atomic E-state index is 12.2. The lowest BCUT2D eigenvalue weighted by molar-refractivity contribution is 0.00239. The number of hydrogen-bond donors (Lipinski definition) is 2. The van der Waals surface area contributed by atoms with Gasteiger partial charge in [0.25, 0.3) is 0 Å². The van der Waals surface area contributed by atoms with E-state index in [-0.39, 0.29) is 12.0 Å². The molecule has 1 aromatic carbocycles. The molecule has 0 aliphatic carbocycles. The molecule has 0 spiro atoms. The van der Waals surface area contributed by atoms with E-state index in [9.17, 15) is 9.90 Å². The van der Waals surface area contributed by atoms with Crippen LogP contribution in [0.2, 0.25) is 0 Å². The third-order valence-electron chi connectivity index (χ3n) is 3.81. The molecule has 0 aromatic heterocycles. The predicted octanol–water partition coefficient (Wildman–Crippen LogP) is 2.95. The molecule has 2 unspecified atom stereocenters. The molecule has 1 heterocycles. The minimum atomic E-state index is -0.617. The second-order valence-corrected chi connectivity index (χ2v) is 6.94. The monoisotopic (exact) mass is 306 g/mol. The van der Waals surface area contributed by atoms with Crippen LogP contribution in [0.5, 0.6) is 0 Å². The van der Waals surface area contributed by atoms with Gasteiger partial charge in [-0.3, -0.25) is 0 Å². The summed E-state index contributed by atoms with van der Waals surface area (Å²) in [6.45, 7) is 6.75. The number of nitrogens with zero attached hydrogens (tertiary/aromatic N) is 1. The predicted molar refractivity (Wildman–Crippen MR) is 86.3 cm³/mol. The van der Waals surface area contributed by atoms with Gasteiger partial charge in [-0.2, -0.15) is 0 Å². The van der Waals surface area contributed by atoms with Gasteiger partial charge in [0, 0.05) is 24.7 Å². The van der Waals surface area contributed by atoms with Crippen LogP contribution < -0.4 is 5.73 Å². The van der Waals surface area contributed by atoms with Crippen LogP contribution in [0.25, 0.3) is 0 Å². The van der Waals surface area contributed by atoms with Gasteiger partial charge in [0.15, 0.2) is 0 Å². The molecule has 2 rings (SSSR count). The molecule has 122 valence electrons. The molecule has 5 nitrogen and oxygen atoms in total. The van der Waals surface area contributed by atoms with E-state index in [1.807, 2.05) is 32.9 Å². The number of aliphatic hydroxyl groups excluding tert-OH is 1. The zero-order valence-electron chi connectivity index (χ0n) is 13.6. The second kappa shape index (κ2) is 6.57. The minimum absolute atomic E-state index is 0.00284. The van der Waals surface area contributed by atoms with Gasteiger partial charge in [-0.05, 0) is 51.3 Å². The second-order valence-electron chi connectivity index (χ2n) is 6.94. The molecule has 1 amide bonds. The van der Waals surface area contributed by atoms with Crippen LogP contribution in [0.4, 0.5) is 10.5 Å². The Morgan fingerprint density at radius 1 is 1.45 bits per heavy atom. The SMILES string of the molecule is CC(C)(C)OC(=O)N1CCCC(C(O)c2cccc(N)c2)C1. The molecule has 0 saturated carbocycles. The van der Waals surface area contributed by atoms with Gasteiger partial charge in [0.05, 0.1) is 6.10 Å². The fourth-order valence-electron chi connectivity index (χ4n) is 2.78. The number of aliphatic hydroxyl groups is 1. The van der Waals surface area contributed by atoms with Crippen molar-refractivity contribution in [3.63, 3.8) is 0 Å². The lowest BCUT2D eigenvalue weighted by Crippen LogP contribution is -2.44. The van der Waals surface area contributed by atoms with Crippen molar-refractivity contribution in [2.24, 2.45) is 5.92 Å². The first-order chi connectivity index (χ1) is 10.3. The van der Waals surface area contributed by atoms with Crippen molar-refractivity contribution in [3.8, 4) is 0 Å². The molecular weight excluding hydrogens is 280 g/mol. The summed E-state index contributed by atoms with van der Waals surface area (Å²) in [5.74, 6) is 0.00284. The van der Waals surface area contributed by atoms with Crippen LogP contribution in [-0.2, 0) is 4.74 Å². The molecule has 1 aliphatic heterocycles. The first-order valence-corrected chi connectivity index (χ1v) is 7.78. The number of hydrogen-bond acceptors (Lipinski definition) is 4. The highest BCUT2D eigenvalue weighted by molar-refractivity contribution is 5.68. The van der Waals surface area contributed by atoms with Gasteiger partial charge in [-0.25, -0.2) is 4.79 Å². The number of piperidine rings is 1. The summed E-state index contributed by atoms with van der Waals surface area (Å²) in [7, 11) is 0. The molecule has 0 radical (unpaired) electrons. The van der Waals surface area contributed by atoms with E-state index in [0.717, 1.165) is 18.4 Å². The average Bonchev–Trinajstić information content (AvgIpc) is 2.45. The molecule has 3 N–H and O–H groups in total. The van der Waals surface area contributed by atoms with Crippen molar-refractivity contribution in [3.05, 3.63) is 29.8 Å². The fourth-order valence-corrected chi connectivity index (χ4v) is 2.78. The third kappa shape index (κ3) is 4.37. The summed E-state index contributed by atoms with van der Waals surface area (Å²) in [6, 6.07) is 7.29. The molecule has 1 fully saturated rings. The maximum Gasteiger partial charge on any atom is 0.410 e. The fraction of sp³-hybridized carbons (Fsp3) is 0.588.